The molecule has 1 aromatic carbocycles. The second kappa shape index (κ2) is 9.70. The van der Waals surface area contributed by atoms with Crippen LogP contribution in [0.15, 0.2) is 61.1 Å². The Kier molecular flexibility index (Phi) is 6.11. The summed E-state index contributed by atoms with van der Waals surface area (Å²) in [5.41, 5.74) is 6.01. The monoisotopic (exact) mass is 484 g/mol. The minimum absolute atomic E-state index is 0.131. The van der Waals surface area contributed by atoms with E-state index in [9.17, 15) is 4.39 Å². The van der Waals surface area contributed by atoms with E-state index in [1.54, 1.807) is 25.6 Å². The molecule has 1 aliphatic carbocycles. The van der Waals surface area contributed by atoms with Gasteiger partial charge in [-0.25, -0.2) is 4.39 Å². The number of fused-ring (bicyclic) bond motifs is 1. The van der Waals surface area contributed by atoms with E-state index in [1.807, 2.05) is 18.2 Å². The van der Waals surface area contributed by atoms with E-state index in [0.717, 1.165) is 55.0 Å². The molecule has 6 rings (SSSR count). The van der Waals surface area contributed by atoms with Crippen molar-refractivity contribution in [2.45, 2.75) is 37.8 Å². The Morgan fingerprint density at radius 2 is 2.06 bits per heavy atom. The Bertz CT molecular complexity index is 1380. The Morgan fingerprint density at radius 3 is 2.92 bits per heavy atom. The Morgan fingerprint density at radius 1 is 1.17 bits per heavy atom. The molecule has 0 amide bonds. The van der Waals surface area contributed by atoms with Gasteiger partial charge < -0.3 is 4.74 Å². The summed E-state index contributed by atoms with van der Waals surface area (Å²) in [5.74, 6) is 0.715. The molecule has 1 aliphatic heterocycles. The summed E-state index contributed by atoms with van der Waals surface area (Å²) in [7, 11) is 1.59. The van der Waals surface area contributed by atoms with E-state index in [2.05, 4.69) is 49.2 Å². The number of methoxy groups -OCH3 is 1. The first-order valence-electron chi connectivity index (χ1n) is 12.4. The van der Waals surface area contributed by atoms with Crippen LogP contribution in [0.1, 0.15) is 47.3 Å². The number of halogens is 1. The summed E-state index contributed by atoms with van der Waals surface area (Å²) in [6.07, 6.45) is 12.9. The van der Waals surface area contributed by atoms with Crippen LogP contribution < -0.4 is 4.74 Å². The molecular formula is C28H29FN6O. The Balaban J connectivity index is 1.17. The normalized spacial score (nSPS) is 19.8. The maximum absolute atomic E-state index is 14.5. The zero-order valence-electron chi connectivity index (χ0n) is 20.3. The van der Waals surface area contributed by atoms with Gasteiger partial charge in [-0.05, 0) is 55.8 Å². The zero-order valence-corrected chi connectivity index (χ0v) is 20.3. The van der Waals surface area contributed by atoms with Gasteiger partial charge in [-0.3, -0.25) is 19.7 Å². The lowest BCUT2D eigenvalue weighted by molar-refractivity contribution is 0.193. The van der Waals surface area contributed by atoms with Gasteiger partial charge >= 0.3 is 0 Å². The van der Waals surface area contributed by atoms with Crippen molar-refractivity contribution in [3.8, 4) is 17.0 Å². The van der Waals surface area contributed by atoms with Crippen LogP contribution in [0.3, 0.4) is 0 Å². The first-order chi connectivity index (χ1) is 17.7. The molecule has 4 aromatic rings. The SMILES string of the molecule is COc1cccc(F)c1CN1CCCC(c2ccn(C3C=Cc4[nH]nc(-c5ccncc5)c4C3)n2)C1. The highest BCUT2D eigenvalue weighted by molar-refractivity contribution is 5.69. The van der Waals surface area contributed by atoms with E-state index >= 15 is 0 Å². The quantitative estimate of drug-likeness (QED) is 0.417. The highest BCUT2D eigenvalue weighted by Gasteiger charge is 2.27. The van der Waals surface area contributed by atoms with Crippen molar-refractivity contribution in [1.82, 2.24) is 29.9 Å². The molecule has 0 spiro atoms. The van der Waals surface area contributed by atoms with Gasteiger partial charge in [0.1, 0.15) is 11.6 Å². The largest absolute Gasteiger partial charge is 0.496 e. The molecule has 3 aromatic heterocycles. The zero-order chi connectivity index (χ0) is 24.5. The number of aromatic nitrogens is 5. The fourth-order valence-corrected chi connectivity index (χ4v) is 5.44. The number of pyridine rings is 1. The van der Waals surface area contributed by atoms with Gasteiger partial charge in [0, 0.05) is 60.7 Å². The van der Waals surface area contributed by atoms with Gasteiger partial charge in [0.25, 0.3) is 0 Å². The molecule has 1 N–H and O–H groups in total. The third kappa shape index (κ3) is 4.33. The number of H-pyrrole nitrogens is 1. The second-order valence-electron chi connectivity index (χ2n) is 9.55. The van der Waals surface area contributed by atoms with Crippen LogP contribution in [0.25, 0.3) is 17.3 Å². The molecule has 4 heterocycles. The molecule has 2 atom stereocenters. The predicted molar refractivity (Wildman–Crippen MR) is 136 cm³/mol. The fourth-order valence-electron chi connectivity index (χ4n) is 5.44. The summed E-state index contributed by atoms with van der Waals surface area (Å²) in [5, 5.41) is 12.7. The number of benzene rings is 1. The number of hydrogen-bond donors (Lipinski definition) is 1. The number of ether oxygens (including phenoxy) is 1. The van der Waals surface area contributed by atoms with Crippen LogP contribution in [0.4, 0.5) is 4.39 Å². The molecule has 8 heteroatoms. The number of hydrogen-bond acceptors (Lipinski definition) is 5. The number of nitrogens with one attached hydrogen (secondary N) is 1. The van der Waals surface area contributed by atoms with Crippen molar-refractivity contribution in [2.24, 2.45) is 0 Å². The van der Waals surface area contributed by atoms with Crippen molar-refractivity contribution in [3.63, 3.8) is 0 Å². The molecule has 36 heavy (non-hydrogen) atoms. The average molecular weight is 485 g/mol. The maximum Gasteiger partial charge on any atom is 0.131 e. The van der Waals surface area contributed by atoms with Crippen LogP contribution >= 0.6 is 0 Å². The summed E-state index contributed by atoms with van der Waals surface area (Å²) in [6.45, 7) is 2.34. The van der Waals surface area contributed by atoms with E-state index < -0.39 is 0 Å². The van der Waals surface area contributed by atoms with Gasteiger partial charge in [0.05, 0.1) is 30.2 Å². The predicted octanol–water partition coefficient (Wildman–Crippen LogP) is 5.01. The molecule has 184 valence electrons. The molecule has 0 radical (unpaired) electrons. The lowest BCUT2D eigenvalue weighted by Crippen LogP contribution is -2.34. The lowest BCUT2D eigenvalue weighted by Gasteiger charge is -2.32. The lowest BCUT2D eigenvalue weighted by atomic mass is 9.94. The second-order valence-corrected chi connectivity index (χ2v) is 9.55. The molecule has 0 bridgehead atoms. The minimum atomic E-state index is -0.213. The molecule has 7 nitrogen and oxygen atoms in total. The van der Waals surface area contributed by atoms with Crippen LogP contribution in [0.2, 0.25) is 0 Å². The minimum Gasteiger partial charge on any atom is -0.496 e. The number of aromatic amines is 1. The van der Waals surface area contributed by atoms with Gasteiger partial charge in [-0.1, -0.05) is 12.1 Å². The van der Waals surface area contributed by atoms with E-state index in [1.165, 1.54) is 11.6 Å². The highest BCUT2D eigenvalue weighted by atomic mass is 19.1. The van der Waals surface area contributed by atoms with E-state index in [0.29, 0.717) is 23.8 Å². The Labute approximate surface area is 209 Å². The van der Waals surface area contributed by atoms with Crippen LogP contribution in [0.5, 0.6) is 5.75 Å². The average Bonchev–Trinajstić information content (AvgIpc) is 3.58. The van der Waals surface area contributed by atoms with Crippen LogP contribution in [-0.4, -0.2) is 50.1 Å². The number of nitrogens with zero attached hydrogens (tertiary/aromatic N) is 5. The van der Waals surface area contributed by atoms with Gasteiger partial charge in [0.2, 0.25) is 0 Å². The molecule has 2 unspecified atom stereocenters. The fraction of sp³-hybridized carbons (Fsp3) is 0.321. The number of allylic oxidation sites excluding steroid dienone is 1. The molecule has 1 saturated heterocycles. The van der Waals surface area contributed by atoms with Gasteiger partial charge in [-0.15, -0.1) is 0 Å². The van der Waals surface area contributed by atoms with Crippen molar-refractivity contribution >= 4 is 6.08 Å². The summed E-state index contributed by atoms with van der Waals surface area (Å²) in [4.78, 5) is 6.44. The van der Waals surface area contributed by atoms with Gasteiger partial charge in [-0.2, -0.15) is 10.2 Å². The Hall–Kier alpha value is -3.78. The summed E-state index contributed by atoms with van der Waals surface area (Å²) in [6, 6.07) is 11.3. The molecule has 2 aliphatic rings. The highest BCUT2D eigenvalue weighted by Crippen LogP contribution is 2.33. The van der Waals surface area contributed by atoms with Crippen LogP contribution in [-0.2, 0) is 13.0 Å². The number of piperidine rings is 1. The summed E-state index contributed by atoms with van der Waals surface area (Å²) < 4.78 is 22.0. The van der Waals surface area contributed by atoms with Crippen molar-refractivity contribution in [1.29, 1.82) is 0 Å². The third-order valence-corrected chi connectivity index (χ3v) is 7.32. The maximum atomic E-state index is 14.5. The van der Waals surface area contributed by atoms with Crippen LogP contribution in [0, 0.1) is 5.82 Å². The van der Waals surface area contributed by atoms with E-state index in [-0.39, 0.29) is 11.9 Å². The number of rotatable bonds is 6. The smallest absolute Gasteiger partial charge is 0.131 e. The third-order valence-electron chi connectivity index (χ3n) is 7.32. The molecule has 1 fully saturated rings. The standard InChI is InChI=1S/C28H29FN6O/c1-36-27-6-2-5-24(29)23(27)18-34-14-3-4-20(17-34)25-11-15-35(33-25)21-7-8-26-22(16-21)28(32-31-26)19-9-12-30-13-10-19/h2,5-13,15,20-21H,3-4,14,16-18H2,1H3,(H,31,32). The van der Waals surface area contributed by atoms with Crippen molar-refractivity contribution in [3.05, 3.63) is 89.4 Å². The molecule has 0 saturated carbocycles. The topological polar surface area (TPSA) is 71.9 Å². The first kappa shape index (κ1) is 22.7. The van der Waals surface area contributed by atoms with Crippen molar-refractivity contribution in [2.75, 3.05) is 20.2 Å². The van der Waals surface area contributed by atoms with Crippen molar-refractivity contribution < 1.29 is 9.13 Å². The first-order valence-corrected chi connectivity index (χ1v) is 12.4. The number of likely N-dealkylation sites (tertiary alicyclic amines) is 1. The summed E-state index contributed by atoms with van der Waals surface area (Å²) >= 11 is 0. The molecular weight excluding hydrogens is 455 g/mol. The van der Waals surface area contributed by atoms with Gasteiger partial charge in [0.15, 0.2) is 0 Å². The van der Waals surface area contributed by atoms with E-state index in [4.69, 9.17) is 9.84 Å².